The van der Waals surface area contributed by atoms with E-state index in [1.165, 1.54) is 27.8 Å². The number of thiazole rings is 1. The highest BCUT2D eigenvalue weighted by atomic mass is 32.2. The molecule has 0 bridgehead atoms. The van der Waals surface area contributed by atoms with Crippen LogP contribution in [0.15, 0.2) is 14.9 Å². The molecule has 0 atom stereocenters. The number of rotatable bonds is 4. The summed E-state index contributed by atoms with van der Waals surface area (Å²) in [5.74, 6) is -0.887. The van der Waals surface area contributed by atoms with Crippen molar-refractivity contribution in [2.45, 2.75) is 15.9 Å². The van der Waals surface area contributed by atoms with Gasteiger partial charge in [0.25, 0.3) is 0 Å². The average Bonchev–Trinajstić information content (AvgIpc) is 2.77. The molecule has 2 rings (SSSR count). The zero-order valence-corrected chi connectivity index (χ0v) is 9.83. The van der Waals surface area contributed by atoms with Crippen LogP contribution in [0.25, 0.3) is 0 Å². The van der Waals surface area contributed by atoms with Gasteiger partial charge in [-0.3, -0.25) is 4.79 Å². The van der Waals surface area contributed by atoms with E-state index >= 15 is 0 Å². The van der Waals surface area contributed by atoms with Gasteiger partial charge in [-0.2, -0.15) is 0 Å². The molecule has 0 unspecified atom stereocenters. The molecule has 0 amide bonds. The van der Waals surface area contributed by atoms with Crippen molar-refractivity contribution in [3.05, 3.63) is 11.1 Å². The summed E-state index contributed by atoms with van der Waals surface area (Å²) in [4.78, 5) is 14.6. The number of carbonyl (C=O) groups is 1. The maximum atomic E-state index is 10.5. The number of aliphatic carboxylic acids is 1. The lowest BCUT2D eigenvalue weighted by molar-refractivity contribution is -0.136. The molecule has 0 aliphatic carbocycles. The molecule has 0 aliphatic rings. The number of hydrogen-bond donors (Lipinski definition) is 1. The van der Waals surface area contributed by atoms with Gasteiger partial charge in [0.15, 0.2) is 4.34 Å². The van der Waals surface area contributed by atoms with Crippen LogP contribution >= 0.6 is 23.1 Å². The number of tetrazole rings is 1. The Morgan fingerprint density at radius 2 is 2.50 bits per heavy atom. The first-order valence-corrected chi connectivity index (χ1v) is 5.91. The Bertz CT molecular complexity index is 508. The number of carboxylic acids is 1. The monoisotopic (exact) mass is 257 g/mol. The lowest BCUT2D eigenvalue weighted by atomic mass is 10.3. The van der Waals surface area contributed by atoms with Crippen molar-refractivity contribution in [1.82, 2.24) is 25.2 Å². The number of aryl methyl sites for hydroxylation is 1. The van der Waals surface area contributed by atoms with Gasteiger partial charge < -0.3 is 5.11 Å². The van der Waals surface area contributed by atoms with E-state index in [-0.39, 0.29) is 6.42 Å². The number of carboxylic acid groups (broad SMARTS) is 1. The summed E-state index contributed by atoms with van der Waals surface area (Å²) in [6.07, 6.45) is -0.0614. The van der Waals surface area contributed by atoms with Gasteiger partial charge in [0.2, 0.25) is 5.16 Å². The molecule has 2 aromatic heterocycles. The highest BCUT2D eigenvalue weighted by molar-refractivity contribution is 8.00. The van der Waals surface area contributed by atoms with Crippen molar-refractivity contribution in [2.75, 3.05) is 0 Å². The Balaban J connectivity index is 2.08. The smallest absolute Gasteiger partial charge is 0.309 e. The fourth-order valence-corrected chi connectivity index (χ4v) is 2.63. The topological polar surface area (TPSA) is 93.8 Å². The van der Waals surface area contributed by atoms with E-state index < -0.39 is 5.97 Å². The third kappa shape index (κ3) is 2.55. The molecule has 0 radical (unpaired) electrons. The summed E-state index contributed by atoms with van der Waals surface area (Å²) in [7, 11) is 1.73. The summed E-state index contributed by atoms with van der Waals surface area (Å²) in [5.41, 5.74) is 0.551. The Kier molecular flexibility index (Phi) is 3.15. The first-order chi connectivity index (χ1) is 7.65. The minimum Gasteiger partial charge on any atom is -0.481 e. The van der Waals surface area contributed by atoms with Gasteiger partial charge in [-0.25, -0.2) is 9.67 Å². The van der Waals surface area contributed by atoms with E-state index in [4.69, 9.17) is 5.11 Å². The van der Waals surface area contributed by atoms with Crippen LogP contribution in [0, 0.1) is 0 Å². The first-order valence-electron chi connectivity index (χ1n) is 4.21. The molecule has 1 N–H and O–H groups in total. The van der Waals surface area contributed by atoms with Crippen molar-refractivity contribution in [2.24, 2.45) is 7.05 Å². The second kappa shape index (κ2) is 4.58. The van der Waals surface area contributed by atoms with E-state index in [0.29, 0.717) is 10.9 Å². The molecule has 7 nitrogen and oxygen atoms in total. The summed E-state index contributed by atoms with van der Waals surface area (Å²) in [6.45, 7) is 0. The predicted octanol–water partition coefficient (Wildman–Crippen LogP) is 0.445. The molecule has 84 valence electrons. The van der Waals surface area contributed by atoms with Crippen LogP contribution in [0.4, 0.5) is 0 Å². The zero-order valence-electron chi connectivity index (χ0n) is 8.19. The maximum absolute atomic E-state index is 10.5. The molecule has 2 aromatic rings. The van der Waals surface area contributed by atoms with Crippen molar-refractivity contribution >= 4 is 29.1 Å². The molecule has 0 fully saturated rings. The van der Waals surface area contributed by atoms with Crippen LogP contribution in [0.3, 0.4) is 0 Å². The van der Waals surface area contributed by atoms with E-state index in [9.17, 15) is 4.79 Å². The maximum Gasteiger partial charge on any atom is 0.309 e. The molecule has 16 heavy (non-hydrogen) atoms. The van der Waals surface area contributed by atoms with Gasteiger partial charge >= 0.3 is 5.97 Å². The van der Waals surface area contributed by atoms with Crippen molar-refractivity contribution < 1.29 is 9.90 Å². The molecule has 2 heterocycles. The molecular weight excluding hydrogens is 250 g/mol. The van der Waals surface area contributed by atoms with Crippen molar-refractivity contribution in [3.63, 3.8) is 0 Å². The summed E-state index contributed by atoms with van der Waals surface area (Å²) in [6, 6.07) is 0. The van der Waals surface area contributed by atoms with Gasteiger partial charge in [0, 0.05) is 12.4 Å². The van der Waals surface area contributed by atoms with Gasteiger partial charge in [-0.15, -0.1) is 16.4 Å². The van der Waals surface area contributed by atoms with Crippen LogP contribution in [-0.4, -0.2) is 36.3 Å². The van der Waals surface area contributed by atoms with E-state index in [1.807, 2.05) is 0 Å². The molecule has 0 spiro atoms. The molecule has 9 heteroatoms. The van der Waals surface area contributed by atoms with Crippen molar-refractivity contribution in [1.29, 1.82) is 0 Å². The van der Waals surface area contributed by atoms with Gasteiger partial charge in [0.05, 0.1) is 12.1 Å². The molecule has 0 saturated carbocycles. The van der Waals surface area contributed by atoms with Gasteiger partial charge in [-0.1, -0.05) is 0 Å². The van der Waals surface area contributed by atoms with Crippen LogP contribution < -0.4 is 0 Å². The first kappa shape index (κ1) is 11.0. The summed E-state index contributed by atoms with van der Waals surface area (Å²) in [5, 5.41) is 21.9. The minimum atomic E-state index is -0.887. The van der Waals surface area contributed by atoms with Crippen LogP contribution in [-0.2, 0) is 18.3 Å². The highest BCUT2D eigenvalue weighted by Crippen LogP contribution is 2.27. The molecule has 0 aromatic carbocycles. The Labute approximate surface area is 98.5 Å². The summed E-state index contributed by atoms with van der Waals surface area (Å²) < 4.78 is 2.26. The third-order valence-corrected chi connectivity index (χ3v) is 3.64. The van der Waals surface area contributed by atoms with Crippen LogP contribution in [0.5, 0.6) is 0 Å². The minimum absolute atomic E-state index is 0.0614. The largest absolute Gasteiger partial charge is 0.481 e. The number of nitrogens with zero attached hydrogens (tertiary/aromatic N) is 5. The molecule has 0 aliphatic heterocycles. The number of aromatic nitrogens is 5. The fraction of sp³-hybridized carbons (Fsp3) is 0.286. The SMILES string of the molecule is Cn1nnnc1Sc1nc(CC(=O)O)cs1. The second-order valence-corrected chi connectivity index (χ2v) is 4.93. The lowest BCUT2D eigenvalue weighted by Crippen LogP contribution is -1.99. The Morgan fingerprint density at radius 3 is 3.12 bits per heavy atom. The zero-order chi connectivity index (χ0) is 11.5. The van der Waals surface area contributed by atoms with Crippen LogP contribution in [0.1, 0.15) is 5.69 Å². The number of hydrogen-bond acceptors (Lipinski definition) is 7. The average molecular weight is 257 g/mol. The third-order valence-electron chi connectivity index (χ3n) is 1.62. The predicted molar refractivity (Wildman–Crippen MR) is 56.4 cm³/mol. The van der Waals surface area contributed by atoms with E-state index in [2.05, 4.69) is 20.5 Å². The summed E-state index contributed by atoms with van der Waals surface area (Å²) >= 11 is 2.69. The molecular formula is C7H7N5O2S2. The Hall–Kier alpha value is -1.48. The van der Waals surface area contributed by atoms with E-state index in [1.54, 1.807) is 12.4 Å². The van der Waals surface area contributed by atoms with Crippen molar-refractivity contribution in [3.8, 4) is 0 Å². The second-order valence-electron chi connectivity index (χ2n) is 2.86. The van der Waals surface area contributed by atoms with Gasteiger partial charge in [-0.05, 0) is 22.2 Å². The molecule has 0 saturated heterocycles. The Morgan fingerprint density at radius 1 is 1.69 bits per heavy atom. The van der Waals surface area contributed by atoms with E-state index in [0.717, 1.165) is 4.34 Å². The highest BCUT2D eigenvalue weighted by Gasteiger charge is 2.10. The van der Waals surface area contributed by atoms with Gasteiger partial charge in [0.1, 0.15) is 0 Å². The fourth-order valence-electron chi connectivity index (χ4n) is 0.957. The van der Waals surface area contributed by atoms with Crippen LogP contribution in [0.2, 0.25) is 0 Å². The quantitative estimate of drug-likeness (QED) is 0.849. The standard InChI is InChI=1S/C7H7N5O2S2/c1-12-6(9-10-11-12)16-7-8-4(3-15-7)2-5(13)14/h3H,2H2,1H3,(H,13,14). The lowest BCUT2D eigenvalue weighted by Gasteiger charge is -1.93. The normalized spacial score (nSPS) is 10.6.